The molecule has 0 aliphatic heterocycles. The van der Waals surface area contributed by atoms with Crippen molar-refractivity contribution in [3.8, 4) is 6.01 Å². The fraction of sp³-hybridized carbons (Fsp3) is 0.583. The van der Waals surface area contributed by atoms with Gasteiger partial charge in [-0.25, -0.2) is 0 Å². The Balaban J connectivity index is 1.99. The predicted molar refractivity (Wildman–Crippen MR) is 78.4 cm³/mol. The molecular formula is C12H20N8O. The fourth-order valence-corrected chi connectivity index (χ4v) is 1.69. The van der Waals surface area contributed by atoms with Gasteiger partial charge >= 0.3 is 6.01 Å². The zero-order valence-electron chi connectivity index (χ0n) is 12.5. The smallest absolute Gasteiger partial charge is 0.323 e. The SMILES string of the molecule is CCNc1nc(NCCc2nncn2C)nc(OCC)n1. The molecular weight excluding hydrogens is 272 g/mol. The lowest BCUT2D eigenvalue weighted by Crippen LogP contribution is -2.13. The Morgan fingerprint density at radius 2 is 1.90 bits per heavy atom. The molecule has 0 aliphatic rings. The van der Waals surface area contributed by atoms with Gasteiger partial charge in [-0.15, -0.1) is 10.2 Å². The van der Waals surface area contributed by atoms with Crippen LogP contribution in [0.1, 0.15) is 19.7 Å². The molecule has 9 nitrogen and oxygen atoms in total. The highest BCUT2D eigenvalue weighted by atomic mass is 16.5. The Bertz CT molecular complexity index is 546. The van der Waals surface area contributed by atoms with Gasteiger partial charge in [0.2, 0.25) is 11.9 Å². The van der Waals surface area contributed by atoms with Crippen LogP contribution in [-0.2, 0) is 13.5 Å². The maximum absolute atomic E-state index is 5.34. The summed E-state index contributed by atoms with van der Waals surface area (Å²) in [6.07, 6.45) is 2.40. The minimum atomic E-state index is 0.310. The molecule has 9 heteroatoms. The molecule has 2 heterocycles. The average molecular weight is 292 g/mol. The number of nitrogens with zero attached hydrogens (tertiary/aromatic N) is 6. The molecule has 0 bridgehead atoms. The van der Waals surface area contributed by atoms with E-state index in [-0.39, 0.29) is 0 Å². The molecule has 0 unspecified atom stereocenters. The van der Waals surface area contributed by atoms with Crippen molar-refractivity contribution in [2.75, 3.05) is 30.3 Å². The standard InChI is InChI=1S/C12H20N8O/c1-4-13-10-16-11(18-12(17-10)21-5-2)14-7-6-9-19-15-8-20(9)3/h8H,4-7H2,1-3H3,(H2,13,14,16,17,18). The van der Waals surface area contributed by atoms with Crippen molar-refractivity contribution in [3.05, 3.63) is 12.2 Å². The summed E-state index contributed by atoms with van der Waals surface area (Å²) in [4.78, 5) is 12.7. The van der Waals surface area contributed by atoms with Crippen molar-refractivity contribution in [2.24, 2.45) is 7.05 Å². The highest BCUT2D eigenvalue weighted by molar-refractivity contribution is 5.35. The number of aryl methyl sites for hydroxylation is 1. The molecule has 0 aromatic carbocycles. The minimum absolute atomic E-state index is 0.310. The van der Waals surface area contributed by atoms with E-state index < -0.39 is 0 Å². The van der Waals surface area contributed by atoms with Crippen LogP contribution in [0.4, 0.5) is 11.9 Å². The van der Waals surface area contributed by atoms with E-state index in [1.54, 1.807) is 6.33 Å². The summed E-state index contributed by atoms with van der Waals surface area (Å²) in [5, 5.41) is 14.1. The highest BCUT2D eigenvalue weighted by Crippen LogP contribution is 2.11. The van der Waals surface area contributed by atoms with Crippen LogP contribution in [-0.4, -0.2) is 49.4 Å². The van der Waals surface area contributed by atoms with E-state index in [2.05, 4.69) is 35.8 Å². The van der Waals surface area contributed by atoms with Crippen LogP contribution in [0.3, 0.4) is 0 Å². The van der Waals surface area contributed by atoms with Crippen molar-refractivity contribution in [2.45, 2.75) is 20.3 Å². The lowest BCUT2D eigenvalue weighted by atomic mass is 10.4. The predicted octanol–water partition coefficient (Wildman–Crippen LogP) is 0.485. The first-order chi connectivity index (χ1) is 10.2. The number of aromatic nitrogens is 6. The first kappa shape index (κ1) is 14.9. The van der Waals surface area contributed by atoms with Gasteiger partial charge in [0, 0.05) is 26.6 Å². The van der Waals surface area contributed by atoms with Crippen molar-refractivity contribution < 1.29 is 4.74 Å². The molecule has 0 aliphatic carbocycles. The Kier molecular flexibility index (Phi) is 5.24. The van der Waals surface area contributed by atoms with Gasteiger partial charge in [0.15, 0.2) is 0 Å². The molecule has 0 fully saturated rings. The Hall–Kier alpha value is -2.45. The first-order valence-corrected chi connectivity index (χ1v) is 6.92. The lowest BCUT2D eigenvalue weighted by Gasteiger charge is -2.09. The van der Waals surface area contributed by atoms with E-state index in [0.29, 0.717) is 31.1 Å². The van der Waals surface area contributed by atoms with Gasteiger partial charge in [-0.3, -0.25) is 0 Å². The minimum Gasteiger partial charge on any atom is -0.464 e. The van der Waals surface area contributed by atoms with Gasteiger partial charge in [0.25, 0.3) is 0 Å². The summed E-state index contributed by atoms with van der Waals surface area (Å²) in [5.74, 6) is 1.87. The zero-order valence-corrected chi connectivity index (χ0v) is 12.5. The van der Waals surface area contributed by atoms with Crippen LogP contribution in [0, 0.1) is 0 Å². The number of anilines is 2. The summed E-state index contributed by atoms with van der Waals surface area (Å²) >= 11 is 0. The lowest BCUT2D eigenvalue weighted by molar-refractivity contribution is 0.312. The average Bonchev–Trinajstić information content (AvgIpc) is 2.85. The van der Waals surface area contributed by atoms with Crippen LogP contribution >= 0.6 is 0 Å². The third-order valence-corrected chi connectivity index (χ3v) is 2.66. The monoisotopic (exact) mass is 292 g/mol. The molecule has 0 radical (unpaired) electrons. The van der Waals surface area contributed by atoms with Gasteiger partial charge < -0.3 is 19.9 Å². The highest BCUT2D eigenvalue weighted by Gasteiger charge is 2.07. The number of ether oxygens (including phenoxy) is 1. The third-order valence-electron chi connectivity index (χ3n) is 2.66. The molecule has 0 saturated heterocycles. The van der Waals surface area contributed by atoms with Crippen molar-refractivity contribution in [1.82, 2.24) is 29.7 Å². The summed E-state index contributed by atoms with van der Waals surface area (Å²) in [6.45, 7) is 5.75. The molecule has 2 rings (SSSR count). The number of nitrogens with one attached hydrogen (secondary N) is 2. The van der Waals surface area contributed by atoms with Crippen LogP contribution in [0.5, 0.6) is 6.01 Å². The maximum atomic E-state index is 5.34. The summed E-state index contributed by atoms with van der Waals surface area (Å²) in [5.41, 5.74) is 0. The molecule has 21 heavy (non-hydrogen) atoms. The van der Waals surface area contributed by atoms with Gasteiger partial charge in [-0.05, 0) is 13.8 Å². The van der Waals surface area contributed by atoms with Gasteiger partial charge in [0.05, 0.1) is 6.61 Å². The topological polar surface area (TPSA) is 103 Å². The molecule has 0 spiro atoms. The Morgan fingerprint density at radius 1 is 1.14 bits per heavy atom. The van der Waals surface area contributed by atoms with E-state index in [1.165, 1.54) is 0 Å². The first-order valence-electron chi connectivity index (χ1n) is 6.92. The Labute approximate surface area is 123 Å². The second-order valence-corrected chi connectivity index (χ2v) is 4.26. The van der Waals surface area contributed by atoms with E-state index in [4.69, 9.17) is 4.74 Å². The van der Waals surface area contributed by atoms with Crippen molar-refractivity contribution >= 4 is 11.9 Å². The van der Waals surface area contributed by atoms with E-state index in [0.717, 1.165) is 18.8 Å². The summed E-state index contributed by atoms with van der Waals surface area (Å²) in [6, 6.07) is 0.310. The molecule has 0 atom stereocenters. The Morgan fingerprint density at radius 3 is 2.52 bits per heavy atom. The summed E-state index contributed by atoms with van der Waals surface area (Å²) < 4.78 is 7.22. The third kappa shape index (κ3) is 4.26. The second kappa shape index (κ2) is 7.36. The second-order valence-electron chi connectivity index (χ2n) is 4.26. The molecule has 114 valence electrons. The molecule has 2 aromatic heterocycles. The summed E-state index contributed by atoms with van der Waals surface area (Å²) in [7, 11) is 1.91. The van der Waals surface area contributed by atoms with Gasteiger partial charge in [0.1, 0.15) is 12.2 Å². The van der Waals surface area contributed by atoms with E-state index in [9.17, 15) is 0 Å². The van der Waals surface area contributed by atoms with Crippen LogP contribution in [0.25, 0.3) is 0 Å². The quantitative estimate of drug-likeness (QED) is 0.724. The van der Waals surface area contributed by atoms with Crippen LogP contribution < -0.4 is 15.4 Å². The van der Waals surface area contributed by atoms with Gasteiger partial charge in [-0.2, -0.15) is 15.0 Å². The number of rotatable bonds is 8. The normalized spacial score (nSPS) is 10.4. The van der Waals surface area contributed by atoms with Crippen molar-refractivity contribution in [1.29, 1.82) is 0 Å². The molecule has 2 aromatic rings. The number of hydrogen-bond donors (Lipinski definition) is 2. The largest absolute Gasteiger partial charge is 0.464 e. The van der Waals surface area contributed by atoms with Gasteiger partial charge in [-0.1, -0.05) is 0 Å². The van der Waals surface area contributed by atoms with Crippen molar-refractivity contribution in [3.63, 3.8) is 0 Å². The van der Waals surface area contributed by atoms with Crippen LogP contribution in [0.15, 0.2) is 6.33 Å². The zero-order chi connectivity index (χ0) is 15.1. The van der Waals surface area contributed by atoms with E-state index >= 15 is 0 Å². The molecule has 0 amide bonds. The molecule has 2 N–H and O–H groups in total. The fourth-order valence-electron chi connectivity index (χ4n) is 1.69. The van der Waals surface area contributed by atoms with E-state index in [1.807, 2.05) is 25.5 Å². The maximum Gasteiger partial charge on any atom is 0.323 e. The number of hydrogen-bond acceptors (Lipinski definition) is 8. The van der Waals surface area contributed by atoms with Crippen LogP contribution in [0.2, 0.25) is 0 Å². The molecule has 0 saturated carbocycles.